The number of carbonyl (C=O) groups is 2. The van der Waals surface area contributed by atoms with Crippen LogP contribution in [0.5, 0.6) is 0 Å². The van der Waals surface area contributed by atoms with Crippen molar-refractivity contribution in [2.75, 3.05) is 0 Å². The Kier molecular flexibility index (Phi) is 6.97. The molecule has 0 amide bonds. The van der Waals surface area contributed by atoms with E-state index in [1.54, 1.807) is 48.5 Å². The summed E-state index contributed by atoms with van der Waals surface area (Å²) in [6, 6.07) is 28.8. The lowest BCUT2D eigenvalue weighted by molar-refractivity contribution is -0.384. The van der Waals surface area contributed by atoms with Gasteiger partial charge in [0.25, 0.3) is 5.69 Å². The number of hydrogen-bond acceptors (Lipinski definition) is 6. The minimum atomic E-state index is -1.31. The van der Waals surface area contributed by atoms with E-state index < -0.39 is 22.8 Å². The van der Waals surface area contributed by atoms with Crippen LogP contribution in [-0.4, -0.2) is 21.7 Å². The van der Waals surface area contributed by atoms with Crippen LogP contribution in [0.1, 0.15) is 43.5 Å². The molecule has 39 heavy (non-hydrogen) atoms. The highest BCUT2D eigenvalue weighted by Gasteiger charge is 2.28. The summed E-state index contributed by atoms with van der Waals surface area (Å²) in [5.41, 5.74) is 5.12. The van der Waals surface area contributed by atoms with E-state index in [-0.39, 0.29) is 11.3 Å². The SMILES string of the molecule is Cc1ccc(-c2cc(C(=O)O[C@@H](C(=O)c3ccccc3)c3ccc([N+](=O)[O-])cc3)c3ccccc3n2)cc1C. The lowest BCUT2D eigenvalue weighted by atomic mass is 9.99. The Bertz CT molecular complexity index is 1710. The van der Waals surface area contributed by atoms with Gasteiger partial charge in [0.15, 0.2) is 6.10 Å². The van der Waals surface area contributed by atoms with Gasteiger partial charge in [0, 0.05) is 34.2 Å². The summed E-state index contributed by atoms with van der Waals surface area (Å²) in [6.45, 7) is 4.04. The molecule has 1 aromatic heterocycles. The van der Waals surface area contributed by atoms with Gasteiger partial charge in [-0.05, 0) is 55.3 Å². The second-order valence-corrected chi connectivity index (χ2v) is 9.24. The number of non-ortho nitro benzene ring substituents is 1. The lowest BCUT2D eigenvalue weighted by Crippen LogP contribution is -2.20. The maximum atomic E-state index is 13.7. The maximum absolute atomic E-state index is 13.7. The van der Waals surface area contributed by atoms with Crippen LogP contribution < -0.4 is 0 Å². The molecule has 5 rings (SSSR count). The minimum Gasteiger partial charge on any atom is -0.445 e. The molecule has 0 saturated heterocycles. The van der Waals surface area contributed by atoms with Gasteiger partial charge in [-0.1, -0.05) is 60.7 Å². The first kappa shape index (κ1) is 25.5. The molecule has 7 nitrogen and oxygen atoms in total. The Hall–Kier alpha value is -5.17. The van der Waals surface area contributed by atoms with Crippen LogP contribution in [-0.2, 0) is 4.74 Å². The lowest BCUT2D eigenvalue weighted by Gasteiger charge is -2.18. The number of nitrogens with zero attached hydrogens (tertiary/aromatic N) is 2. The van der Waals surface area contributed by atoms with Gasteiger partial charge in [0.2, 0.25) is 5.78 Å². The van der Waals surface area contributed by atoms with E-state index >= 15 is 0 Å². The molecular formula is C32H24N2O5. The molecule has 0 saturated carbocycles. The summed E-state index contributed by atoms with van der Waals surface area (Å²) < 4.78 is 5.89. The van der Waals surface area contributed by atoms with Crippen LogP contribution in [0.4, 0.5) is 5.69 Å². The fraction of sp³-hybridized carbons (Fsp3) is 0.0938. The Labute approximate surface area is 224 Å². The van der Waals surface area contributed by atoms with Gasteiger partial charge in [0.05, 0.1) is 21.7 Å². The third kappa shape index (κ3) is 5.29. The highest BCUT2D eigenvalue weighted by molar-refractivity contribution is 6.07. The molecule has 4 aromatic carbocycles. The summed E-state index contributed by atoms with van der Waals surface area (Å²) in [6.07, 6.45) is -1.31. The highest BCUT2D eigenvalue weighted by atomic mass is 16.6. The molecule has 0 bridgehead atoms. The van der Waals surface area contributed by atoms with Crippen LogP contribution in [0.2, 0.25) is 0 Å². The van der Waals surface area contributed by atoms with Gasteiger partial charge >= 0.3 is 5.97 Å². The quantitative estimate of drug-likeness (QED) is 0.0981. The van der Waals surface area contributed by atoms with E-state index in [0.29, 0.717) is 27.7 Å². The zero-order chi connectivity index (χ0) is 27.5. The van der Waals surface area contributed by atoms with Gasteiger partial charge < -0.3 is 4.74 Å². The fourth-order valence-electron chi connectivity index (χ4n) is 4.36. The highest BCUT2D eigenvalue weighted by Crippen LogP contribution is 2.30. The molecule has 0 N–H and O–H groups in total. The van der Waals surface area contributed by atoms with E-state index in [9.17, 15) is 19.7 Å². The second-order valence-electron chi connectivity index (χ2n) is 9.24. The molecular weight excluding hydrogens is 492 g/mol. The number of fused-ring (bicyclic) bond motifs is 1. The van der Waals surface area contributed by atoms with Gasteiger partial charge in [-0.2, -0.15) is 0 Å². The average Bonchev–Trinajstić information content (AvgIpc) is 2.96. The van der Waals surface area contributed by atoms with Crippen molar-refractivity contribution in [3.8, 4) is 11.3 Å². The van der Waals surface area contributed by atoms with Crippen molar-refractivity contribution >= 4 is 28.3 Å². The number of pyridine rings is 1. The third-order valence-corrected chi connectivity index (χ3v) is 6.67. The molecule has 0 unspecified atom stereocenters. The molecule has 7 heteroatoms. The monoisotopic (exact) mass is 516 g/mol. The number of nitro groups is 1. The van der Waals surface area contributed by atoms with E-state index in [1.807, 2.05) is 44.2 Å². The fourth-order valence-corrected chi connectivity index (χ4v) is 4.36. The van der Waals surface area contributed by atoms with Crippen molar-refractivity contribution in [3.05, 3.63) is 141 Å². The largest absolute Gasteiger partial charge is 0.445 e. The zero-order valence-electron chi connectivity index (χ0n) is 21.3. The van der Waals surface area contributed by atoms with Crippen LogP contribution >= 0.6 is 0 Å². The first-order valence-corrected chi connectivity index (χ1v) is 12.3. The van der Waals surface area contributed by atoms with Crippen molar-refractivity contribution < 1.29 is 19.2 Å². The number of carbonyl (C=O) groups excluding carboxylic acids is 2. The molecule has 0 radical (unpaired) electrons. The van der Waals surface area contributed by atoms with Crippen molar-refractivity contribution in [2.24, 2.45) is 0 Å². The number of aryl methyl sites for hydroxylation is 2. The van der Waals surface area contributed by atoms with E-state index in [1.165, 1.54) is 24.3 Å². The third-order valence-electron chi connectivity index (χ3n) is 6.67. The number of rotatable bonds is 7. The van der Waals surface area contributed by atoms with E-state index in [2.05, 4.69) is 0 Å². The summed E-state index contributed by atoms with van der Waals surface area (Å²) in [5, 5.41) is 11.7. The predicted octanol–water partition coefficient (Wildman–Crippen LogP) is 7.21. The average molecular weight is 517 g/mol. The number of esters is 1. The standard InChI is InChI=1S/C32H24N2O5/c1-20-12-13-24(18-21(20)2)29-19-27(26-10-6-7-11-28(26)33-29)32(36)39-31(30(35)22-8-4-3-5-9-22)23-14-16-25(17-15-23)34(37)38/h3-19,31H,1-2H3/t31-/m1/s1. The van der Waals surface area contributed by atoms with Crippen LogP contribution in [0.25, 0.3) is 22.2 Å². The Balaban J connectivity index is 1.58. The maximum Gasteiger partial charge on any atom is 0.339 e. The van der Waals surface area contributed by atoms with Crippen LogP contribution in [0.15, 0.2) is 103 Å². The Morgan fingerprint density at radius 2 is 1.51 bits per heavy atom. The zero-order valence-corrected chi connectivity index (χ0v) is 21.3. The number of para-hydroxylation sites is 1. The molecule has 0 spiro atoms. The van der Waals surface area contributed by atoms with Gasteiger partial charge in [-0.3, -0.25) is 14.9 Å². The Morgan fingerprint density at radius 1 is 0.821 bits per heavy atom. The number of hydrogen-bond donors (Lipinski definition) is 0. The van der Waals surface area contributed by atoms with Gasteiger partial charge in [0.1, 0.15) is 0 Å². The Morgan fingerprint density at radius 3 is 2.21 bits per heavy atom. The summed E-state index contributed by atoms with van der Waals surface area (Å²) in [4.78, 5) is 42.7. The molecule has 0 fully saturated rings. The number of ketones is 1. The molecule has 5 aromatic rings. The second kappa shape index (κ2) is 10.7. The van der Waals surface area contributed by atoms with Crippen molar-refractivity contribution in [2.45, 2.75) is 20.0 Å². The first-order chi connectivity index (χ1) is 18.8. The first-order valence-electron chi connectivity index (χ1n) is 12.3. The number of ether oxygens (including phenoxy) is 1. The summed E-state index contributed by atoms with van der Waals surface area (Å²) in [5.74, 6) is -1.14. The van der Waals surface area contributed by atoms with Crippen molar-refractivity contribution in [1.82, 2.24) is 4.98 Å². The normalized spacial score (nSPS) is 11.6. The molecule has 0 aliphatic heterocycles. The topological polar surface area (TPSA) is 99.4 Å². The van der Waals surface area contributed by atoms with Gasteiger partial charge in [-0.25, -0.2) is 9.78 Å². The van der Waals surface area contributed by atoms with Crippen LogP contribution in [0, 0.1) is 24.0 Å². The predicted molar refractivity (Wildman–Crippen MR) is 149 cm³/mol. The number of Topliss-reactive ketones (excluding diaryl/α,β-unsaturated/α-hetero) is 1. The number of aromatic nitrogens is 1. The summed E-state index contributed by atoms with van der Waals surface area (Å²) >= 11 is 0. The minimum absolute atomic E-state index is 0.130. The molecule has 1 atom stereocenters. The number of benzene rings is 4. The number of nitro benzene ring substituents is 1. The van der Waals surface area contributed by atoms with Gasteiger partial charge in [-0.15, -0.1) is 0 Å². The van der Waals surface area contributed by atoms with Crippen LogP contribution in [0.3, 0.4) is 0 Å². The molecule has 192 valence electrons. The molecule has 0 aliphatic rings. The van der Waals surface area contributed by atoms with E-state index in [0.717, 1.165) is 16.7 Å². The van der Waals surface area contributed by atoms with Crippen molar-refractivity contribution in [3.63, 3.8) is 0 Å². The molecule has 0 aliphatic carbocycles. The van der Waals surface area contributed by atoms with E-state index in [4.69, 9.17) is 9.72 Å². The van der Waals surface area contributed by atoms with Crippen molar-refractivity contribution in [1.29, 1.82) is 0 Å². The molecule has 1 heterocycles. The summed E-state index contributed by atoms with van der Waals surface area (Å²) in [7, 11) is 0. The smallest absolute Gasteiger partial charge is 0.339 e.